The molecule has 0 spiro atoms. The van der Waals surface area contributed by atoms with Gasteiger partial charge in [-0.2, -0.15) is 0 Å². The summed E-state index contributed by atoms with van der Waals surface area (Å²) >= 11 is 5.93. The molecular formula is C21H21ClN2O6. The van der Waals surface area contributed by atoms with Crippen LogP contribution in [0, 0.1) is 23.7 Å². The second kappa shape index (κ2) is 7.75. The van der Waals surface area contributed by atoms with Crippen LogP contribution < -0.4 is 10.1 Å². The zero-order chi connectivity index (χ0) is 21.6. The van der Waals surface area contributed by atoms with Crippen molar-refractivity contribution in [1.82, 2.24) is 4.90 Å². The lowest BCUT2D eigenvalue weighted by atomic mass is 9.85. The number of esters is 1. The van der Waals surface area contributed by atoms with Gasteiger partial charge in [0.2, 0.25) is 11.8 Å². The summed E-state index contributed by atoms with van der Waals surface area (Å²) in [4.78, 5) is 51.2. The van der Waals surface area contributed by atoms with Crippen LogP contribution in [0.1, 0.15) is 13.3 Å². The van der Waals surface area contributed by atoms with Gasteiger partial charge in [0.05, 0.1) is 24.6 Å². The third-order valence-corrected chi connectivity index (χ3v) is 6.25. The van der Waals surface area contributed by atoms with Gasteiger partial charge >= 0.3 is 5.97 Å². The minimum atomic E-state index is -1.09. The first-order valence-electron chi connectivity index (χ1n) is 9.67. The quantitative estimate of drug-likeness (QED) is 0.419. The number of likely N-dealkylation sites (tertiary alicyclic amines) is 1. The van der Waals surface area contributed by atoms with E-state index in [1.807, 2.05) is 12.2 Å². The summed E-state index contributed by atoms with van der Waals surface area (Å²) in [6.45, 7) is 0.862. The van der Waals surface area contributed by atoms with Crippen LogP contribution in [0.3, 0.4) is 0 Å². The van der Waals surface area contributed by atoms with Crippen LogP contribution in [0.4, 0.5) is 5.69 Å². The zero-order valence-electron chi connectivity index (χ0n) is 16.5. The van der Waals surface area contributed by atoms with E-state index < -0.39 is 24.5 Å². The molecule has 9 heteroatoms. The second-order valence-corrected chi connectivity index (χ2v) is 8.16. The monoisotopic (exact) mass is 432 g/mol. The molecule has 2 bridgehead atoms. The maximum atomic E-state index is 12.8. The van der Waals surface area contributed by atoms with E-state index in [-0.39, 0.29) is 35.5 Å². The van der Waals surface area contributed by atoms with E-state index in [1.54, 1.807) is 12.1 Å². The van der Waals surface area contributed by atoms with Gasteiger partial charge in [-0.25, -0.2) is 4.79 Å². The number of methoxy groups -OCH3 is 1. The fourth-order valence-corrected chi connectivity index (χ4v) is 4.81. The smallest absolute Gasteiger partial charge is 0.329 e. The molecule has 5 atom stereocenters. The van der Waals surface area contributed by atoms with Gasteiger partial charge in [-0.3, -0.25) is 19.3 Å². The predicted molar refractivity (Wildman–Crippen MR) is 107 cm³/mol. The lowest BCUT2D eigenvalue weighted by molar-refractivity contribution is -0.159. The van der Waals surface area contributed by atoms with Crippen molar-refractivity contribution in [2.75, 3.05) is 19.0 Å². The van der Waals surface area contributed by atoms with Crippen LogP contribution in [0.5, 0.6) is 5.75 Å². The number of benzene rings is 1. The van der Waals surface area contributed by atoms with E-state index in [1.165, 1.54) is 20.1 Å². The fourth-order valence-electron chi connectivity index (χ4n) is 4.63. The molecule has 1 aliphatic heterocycles. The van der Waals surface area contributed by atoms with Crippen molar-refractivity contribution in [2.45, 2.75) is 19.4 Å². The van der Waals surface area contributed by atoms with Crippen molar-refractivity contribution >= 4 is 41.0 Å². The second-order valence-electron chi connectivity index (χ2n) is 7.72. The number of imide groups is 1. The lowest BCUT2D eigenvalue weighted by Crippen LogP contribution is -2.45. The highest BCUT2D eigenvalue weighted by molar-refractivity contribution is 6.31. The van der Waals surface area contributed by atoms with Gasteiger partial charge in [-0.1, -0.05) is 23.8 Å². The number of anilines is 1. The number of hydrogen-bond donors (Lipinski definition) is 1. The number of amides is 3. The molecule has 1 N–H and O–H groups in total. The van der Waals surface area contributed by atoms with Crippen molar-refractivity contribution in [3.05, 3.63) is 35.4 Å². The van der Waals surface area contributed by atoms with Crippen molar-refractivity contribution in [1.29, 1.82) is 0 Å². The lowest BCUT2D eigenvalue weighted by Gasteiger charge is -2.23. The molecule has 0 aromatic heterocycles. The third kappa shape index (κ3) is 3.35. The number of carbonyl (C=O) groups excluding carboxylic acids is 4. The summed E-state index contributed by atoms with van der Waals surface area (Å²) in [6, 6.07) is 3.61. The number of nitrogens with zero attached hydrogens (tertiary/aromatic N) is 1. The molecule has 2 aliphatic carbocycles. The van der Waals surface area contributed by atoms with Crippen LogP contribution >= 0.6 is 11.6 Å². The third-order valence-electron chi connectivity index (χ3n) is 6.01. The Bertz CT molecular complexity index is 931. The molecule has 3 amide bonds. The van der Waals surface area contributed by atoms with Crippen molar-refractivity contribution in [3.8, 4) is 5.75 Å². The van der Waals surface area contributed by atoms with Gasteiger partial charge in [0.15, 0.2) is 6.61 Å². The molecule has 1 heterocycles. The Balaban J connectivity index is 1.35. The van der Waals surface area contributed by atoms with Crippen molar-refractivity contribution in [3.63, 3.8) is 0 Å². The highest BCUT2D eigenvalue weighted by Gasteiger charge is 2.60. The van der Waals surface area contributed by atoms with E-state index in [0.29, 0.717) is 16.5 Å². The molecule has 0 unspecified atom stereocenters. The minimum Gasteiger partial charge on any atom is -0.495 e. The van der Waals surface area contributed by atoms with Gasteiger partial charge in [-0.05, 0) is 43.4 Å². The topological polar surface area (TPSA) is 102 Å². The number of hydrogen-bond acceptors (Lipinski definition) is 6. The Morgan fingerprint density at radius 2 is 1.83 bits per heavy atom. The SMILES string of the molecule is COc1ccc(Cl)cc1NC(=O)COC(=O)[C@H](C)N1C(=O)[C@H]2[C@H](C1=O)[C@H]1C=C[C@H]2C1. The Labute approximate surface area is 178 Å². The number of carbonyl (C=O) groups is 4. The van der Waals surface area contributed by atoms with Crippen molar-refractivity contribution in [2.24, 2.45) is 23.7 Å². The molecule has 0 radical (unpaired) electrons. The summed E-state index contributed by atoms with van der Waals surface area (Å²) < 4.78 is 10.2. The number of halogens is 1. The molecule has 1 aromatic carbocycles. The van der Waals surface area contributed by atoms with Crippen LogP contribution in [0.2, 0.25) is 5.02 Å². The Morgan fingerprint density at radius 3 is 2.43 bits per heavy atom. The average molecular weight is 433 g/mol. The molecular weight excluding hydrogens is 412 g/mol. The number of fused-ring (bicyclic) bond motifs is 5. The van der Waals surface area contributed by atoms with Gasteiger partial charge in [0.1, 0.15) is 11.8 Å². The number of rotatable bonds is 6. The van der Waals surface area contributed by atoms with E-state index in [9.17, 15) is 19.2 Å². The number of allylic oxidation sites excluding steroid dienone is 2. The maximum Gasteiger partial charge on any atom is 0.329 e. The summed E-state index contributed by atoms with van der Waals surface area (Å²) in [7, 11) is 1.45. The standard InChI is InChI=1S/C21H21ClN2O6/c1-10(24-19(26)17-11-3-4-12(7-11)18(17)20(24)27)21(28)30-9-16(25)23-14-8-13(22)5-6-15(14)29-2/h3-6,8,10-12,17-18H,7,9H2,1-2H3,(H,23,25)/t10-,11-,12-,17+,18+/m0/s1. The van der Waals surface area contributed by atoms with Crippen molar-refractivity contribution < 1.29 is 28.7 Å². The summed E-state index contributed by atoms with van der Waals surface area (Å²) in [5, 5.41) is 2.95. The summed E-state index contributed by atoms with van der Waals surface area (Å²) in [5.74, 6) is -2.34. The first-order chi connectivity index (χ1) is 14.3. The largest absolute Gasteiger partial charge is 0.495 e. The van der Waals surface area contributed by atoms with Crippen LogP contribution in [-0.4, -0.2) is 48.3 Å². The number of nitrogens with one attached hydrogen (secondary N) is 1. The summed E-state index contributed by atoms with van der Waals surface area (Å²) in [6.07, 6.45) is 4.78. The maximum absolute atomic E-state index is 12.8. The van der Waals surface area contributed by atoms with Crippen LogP contribution in [0.15, 0.2) is 30.4 Å². The molecule has 3 aliphatic rings. The van der Waals surface area contributed by atoms with Gasteiger partial charge in [-0.15, -0.1) is 0 Å². The van der Waals surface area contributed by atoms with E-state index in [0.717, 1.165) is 11.3 Å². The van der Waals surface area contributed by atoms with Gasteiger partial charge in [0, 0.05) is 5.02 Å². The fraction of sp³-hybridized carbons (Fsp3) is 0.429. The Hall–Kier alpha value is -2.87. The molecule has 1 saturated carbocycles. The highest BCUT2D eigenvalue weighted by atomic mass is 35.5. The minimum absolute atomic E-state index is 0.0584. The van der Waals surface area contributed by atoms with Crippen LogP contribution in [-0.2, 0) is 23.9 Å². The molecule has 1 saturated heterocycles. The molecule has 30 heavy (non-hydrogen) atoms. The Kier molecular flexibility index (Phi) is 5.27. The van der Waals surface area contributed by atoms with E-state index in [2.05, 4.69) is 5.32 Å². The van der Waals surface area contributed by atoms with E-state index >= 15 is 0 Å². The first kappa shape index (κ1) is 20.4. The summed E-state index contributed by atoms with van der Waals surface area (Å²) in [5.41, 5.74) is 0.333. The van der Waals surface area contributed by atoms with Gasteiger partial charge in [0.25, 0.3) is 5.91 Å². The number of ether oxygens (including phenoxy) is 2. The average Bonchev–Trinajstić information content (AvgIpc) is 3.39. The Morgan fingerprint density at radius 1 is 1.20 bits per heavy atom. The normalized spacial score (nSPS) is 27.2. The molecule has 2 fully saturated rings. The van der Waals surface area contributed by atoms with Crippen LogP contribution in [0.25, 0.3) is 0 Å². The molecule has 4 rings (SSSR count). The molecule has 158 valence electrons. The predicted octanol–water partition coefficient (Wildman–Crippen LogP) is 2.03. The highest BCUT2D eigenvalue weighted by Crippen LogP contribution is 2.52. The zero-order valence-corrected chi connectivity index (χ0v) is 17.2. The van der Waals surface area contributed by atoms with Gasteiger partial charge < -0.3 is 14.8 Å². The first-order valence-corrected chi connectivity index (χ1v) is 10.0. The molecule has 1 aromatic rings. The molecule has 8 nitrogen and oxygen atoms in total. The van der Waals surface area contributed by atoms with E-state index in [4.69, 9.17) is 21.1 Å².